The number of nitrogens with zero attached hydrogens (tertiary/aromatic N) is 3. The average Bonchev–Trinajstić information content (AvgIpc) is 2.55. The molecule has 1 amide bonds. The van der Waals surface area contributed by atoms with Crippen molar-refractivity contribution in [1.29, 1.82) is 0 Å². The zero-order valence-corrected chi connectivity index (χ0v) is 13.0. The van der Waals surface area contributed by atoms with Crippen LogP contribution in [0.5, 0.6) is 0 Å². The van der Waals surface area contributed by atoms with Crippen LogP contribution in [0, 0.1) is 0 Å². The fraction of sp³-hybridized carbons (Fsp3) is 0.625. The third-order valence-corrected chi connectivity index (χ3v) is 3.86. The first-order chi connectivity index (χ1) is 10.2. The van der Waals surface area contributed by atoms with Crippen molar-refractivity contribution in [2.75, 3.05) is 45.3 Å². The highest BCUT2D eigenvalue weighted by atomic mass is 16.5. The van der Waals surface area contributed by atoms with Gasteiger partial charge in [0.15, 0.2) is 0 Å². The van der Waals surface area contributed by atoms with E-state index in [4.69, 9.17) is 4.74 Å². The normalized spacial score (nSPS) is 15.0. The summed E-state index contributed by atoms with van der Waals surface area (Å²) < 4.78 is 5.04. The zero-order valence-electron chi connectivity index (χ0n) is 13.0. The Balaban J connectivity index is 2.09. The van der Waals surface area contributed by atoms with Crippen molar-refractivity contribution in [3.05, 3.63) is 23.9 Å². The number of carbonyl (C=O) groups excluding carboxylic acids is 1. The van der Waals surface area contributed by atoms with Crippen LogP contribution >= 0.6 is 0 Å². The number of hydrogen-bond donors (Lipinski definition) is 0. The van der Waals surface area contributed by atoms with Crippen molar-refractivity contribution in [3.8, 4) is 0 Å². The van der Waals surface area contributed by atoms with Crippen LogP contribution in [0.15, 0.2) is 18.3 Å². The van der Waals surface area contributed by atoms with Gasteiger partial charge < -0.3 is 14.5 Å². The molecule has 2 rings (SSSR count). The molecule has 1 aliphatic rings. The number of amides is 1. The highest BCUT2D eigenvalue weighted by Gasteiger charge is 2.21. The van der Waals surface area contributed by atoms with Gasteiger partial charge in [0.2, 0.25) is 0 Å². The first kappa shape index (κ1) is 15.8. The van der Waals surface area contributed by atoms with E-state index in [1.807, 2.05) is 19.2 Å². The van der Waals surface area contributed by atoms with Gasteiger partial charge in [0.25, 0.3) is 5.91 Å². The number of aromatic nitrogens is 1. The highest BCUT2D eigenvalue weighted by Crippen LogP contribution is 2.22. The molecule has 2 heterocycles. The van der Waals surface area contributed by atoms with E-state index in [1.165, 1.54) is 19.3 Å². The van der Waals surface area contributed by atoms with Crippen molar-refractivity contribution < 1.29 is 9.53 Å². The second-order valence-corrected chi connectivity index (χ2v) is 5.50. The minimum Gasteiger partial charge on any atom is -0.385 e. The minimum absolute atomic E-state index is 0.0415. The van der Waals surface area contributed by atoms with Crippen molar-refractivity contribution in [3.63, 3.8) is 0 Å². The molecule has 5 heteroatoms. The molecule has 1 saturated heterocycles. The first-order valence-electron chi connectivity index (χ1n) is 7.68. The maximum atomic E-state index is 12.6. The van der Waals surface area contributed by atoms with Gasteiger partial charge in [0.05, 0.1) is 5.56 Å². The molecule has 0 radical (unpaired) electrons. The van der Waals surface area contributed by atoms with Gasteiger partial charge in [-0.15, -0.1) is 0 Å². The number of rotatable bonds is 6. The Bertz CT molecular complexity index is 459. The summed E-state index contributed by atoms with van der Waals surface area (Å²) in [6, 6.07) is 3.72. The number of hydrogen-bond acceptors (Lipinski definition) is 4. The predicted octanol–water partition coefficient (Wildman–Crippen LogP) is 2.18. The smallest absolute Gasteiger partial charge is 0.257 e. The molecule has 0 spiro atoms. The Morgan fingerprint density at radius 2 is 2.14 bits per heavy atom. The summed E-state index contributed by atoms with van der Waals surface area (Å²) in [7, 11) is 3.52. The molecule has 0 aliphatic carbocycles. The molecule has 0 N–H and O–H groups in total. The summed E-state index contributed by atoms with van der Waals surface area (Å²) in [5.74, 6) is 0.876. The van der Waals surface area contributed by atoms with E-state index < -0.39 is 0 Å². The van der Waals surface area contributed by atoms with E-state index >= 15 is 0 Å². The lowest BCUT2D eigenvalue weighted by Crippen LogP contribution is -2.34. The van der Waals surface area contributed by atoms with Crippen LogP contribution in [0.1, 0.15) is 36.0 Å². The first-order valence-corrected chi connectivity index (χ1v) is 7.68. The van der Waals surface area contributed by atoms with E-state index in [0.29, 0.717) is 18.7 Å². The summed E-state index contributed by atoms with van der Waals surface area (Å²) in [5.41, 5.74) is 0.708. The Morgan fingerprint density at radius 1 is 1.38 bits per heavy atom. The molecular formula is C16H25N3O2. The van der Waals surface area contributed by atoms with Crippen LogP contribution in [0.2, 0.25) is 0 Å². The molecular weight excluding hydrogens is 266 g/mol. The van der Waals surface area contributed by atoms with Gasteiger partial charge in [-0.2, -0.15) is 0 Å². The molecule has 1 aromatic rings. The predicted molar refractivity (Wildman–Crippen MR) is 83.8 cm³/mol. The van der Waals surface area contributed by atoms with E-state index in [2.05, 4.69) is 9.88 Å². The van der Waals surface area contributed by atoms with Crippen LogP contribution in [0.4, 0.5) is 5.82 Å². The molecule has 0 saturated carbocycles. The Morgan fingerprint density at radius 3 is 2.86 bits per heavy atom. The molecule has 1 fully saturated rings. The minimum atomic E-state index is 0.0415. The lowest BCUT2D eigenvalue weighted by atomic mass is 10.1. The maximum Gasteiger partial charge on any atom is 0.257 e. The van der Waals surface area contributed by atoms with Crippen LogP contribution in [0.25, 0.3) is 0 Å². The van der Waals surface area contributed by atoms with Crippen molar-refractivity contribution in [2.24, 2.45) is 0 Å². The van der Waals surface area contributed by atoms with Crippen LogP contribution in [-0.2, 0) is 4.74 Å². The number of anilines is 1. The summed E-state index contributed by atoms with van der Waals surface area (Å²) in [5, 5.41) is 0. The van der Waals surface area contributed by atoms with Gasteiger partial charge in [0.1, 0.15) is 5.82 Å². The Kier molecular flexibility index (Phi) is 5.99. The van der Waals surface area contributed by atoms with E-state index in [0.717, 1.165) is 25.3 Å². The second kappa shape index (κ2) is 7.98. The van der Waals surface area contributed by atoms with Crippen molar-refractivity contribution in [1.82, 2.24) is 9.88 Å². The van der Waals surface area contributed by atoms with Gasteiger partial charge in [-0.3, -0.25) is 4.79 Å². The van der Waals surface area contributed by atoms with Gasteiger partial charge in [-0.05, 0) is 37.8 Å². The molecule has 0 bridgehead atoms. The quantitative estimate of drug-likeness (QED) is 0.754. The average molecular weight is 291 g/mol. The summed E-state index contributed by atoms with van der Waals surface area (Å²) >= 11 is 0. The van der Waals surface area contributed by atoms with Gasteiger partial charge in [-0.25, -0.2) is 4.98 Å². The van der Waals surface area contributed by atoms with E-state index in [-0.39, 0.29) is 5.91 Å². The lowest BCUT2D eigenvalue weighted by Gasteiger charge is -2.29. The molecule has 0 atom stereocenters. The topological polar surface area (TPSA) is 45.7 Å². The summed E-state index contributed by atoms with van der Waals surface area (Å²) in [6.45, 7) is 3.35. The number of carbonyl (C=O) groups is 1. The Labute approximate surface area is 126 Å². The van der Waals surface area contributed by atoms with Gasteiger partial charge >= 0.3 is 0 Å². The van der Waals surface area contributed by atoms with E-state index in [1.54, 1.807) is 18.2 Å². The van der Waals surface area contributed by atoms with Crippen LogP contribution in [0.3, 0.4) is 0 Å². The number of pyridine rings is 1. The van der Waals surface area contributed by atoms with Crippen molar-refractivity contribution in [2.45, 2.75) is 25.7 Å². The largest absolute Gasteiger partial charge is 0.385 e. The highest BCUT2D eigenvalue weighted by molar-refractivity contribution is 5.98. The van der Waals surface area contributed by atoms with Crippen molar-refractivity contribution >= 4 is 11.7 Å². The third kappa shape index (κ3) is 4.17. The molecule has 1 aliphatic heterocycles. The van der Waals surface area contributed by atoms with E-state index in [9.17, 15) is 4.79 Å². The molecule has 0 unspecified atom stereocenters. The van der Waals surface area contributed by atoms with Gasteiger partial charge in [-0.1, -0.05) is 0 Å². The standard InChI is InChI=1S/C16H25N3O2/c1-18(10-7-13-21-2)16(20)14-8-6-9-17-15(14)19-11-4-3-5-12-19/h6,8-9H,3-5,7,10-13H2,1-2H3. The Hall–Kier alpha value is -1.62. The maximum absolute atomic E-state index is 12.6. The fourth-order valence-electron chi connectivity index (χ4n) is 2.67. The zero-order chi connectivity index (χ0) is 15.1. The number of methoxy groups -OCH3 is 1. The van der Waals surface area contributed by atoms with Crippen LogP contribution in [-0.4, -0.2) is 56.2 Å². The monoisotopic (exact) mass is 291 g/mol. The molecule has 21 heavy (non-hydrogen) atoms. The summed E-state index contributed by atoms with van der Waals surface area (Å²) in [4.78, 5) is 21.1. The molecule has 5 nitrogen and oxygen atoms in total. The van der Waals surface area contributed by atoms with Gasteiger partial charge in [0, 0.05) is 46.6 Å². The SMILES string of the molecule is COCCCN(C)C(=O)c1cccnc1N1CCCCC1. The molecule has 1 aromatic heterocycles. The summed E-state index contributed by atoms with van der Waals surface area (Å²) in [6.07, 6.45) is 6.23. The lowest BCUT2D eigenvalue weighted by molar-refractivity contribution is 0.0779. The fourth-order valence-corrected chi connectivity index (χ4v) is 2.67. The number of piperidine rings is 1. The molecule has 116 valence electrons. The number of ether oxygens (including phenoxy) is 1. The van der Waals surface area contributed by atoms with Crippen LogP contribution < -0.4 is 4.90 Å². The second-order valence-electron chi connectivity index (χ2n) is 5.50. The third-order valence-electron chi connectivity index (χ3n) is 3.86. The molecule has 0 aromatic carbocycles.